The number of hydrogen-bond donors (Lipinski definition) is 2. The zero-order valence-electron chi connectivity index (χ0n) is 15.2. The maximum Gasteiger partial charge on any atom is 0.223 e. The fraction of sp³-hybridized carbons (Fsp3) is 0.611. The molecular formula is C18H29N3O3S. The Morgan fingerprint density at radius 1 is 1.20 bits per heavy atom. The number of nitrogens with one attached hydrogen (secondary N) is 1. The molecule has 0 radical (unpaired) electrons. The maximum atomic E-state index is 12.3. The number of carbonyl (C=O) groups is 1. The van der Waals surface area contributed by atoms with Crippen molar-refractivity contribution in [1.29, 1.82) is 0 Å². The summed E-state index contributed by atoms with van der Waals surface area (Å²) in [5.41, 5.74) is 8.43. The summed E-state index contributed by atoms with van der Waals surface area (Å²) >= 11 is 0. The van der Waals surface area contributed by atoms with Gasteiger partial charge in [-0.3, -0.25) is 4.79 Å². The summed E-state index contributed by atoms with van der Waals surface area (Å²) in [5, 5.41) is 2.91. The van der Waals surface area contributed by atoms with E-state index in [-0.39, 0.29) is 17.9 Å². The van der Waals surface area contributed by atoms with Gasteiger partial charge in [0.25, 0.3) is 0 Å². The first-order valence-electron chi connectivity index (χ1n) is 8.76. The Labute approximate surface area is 150 Å². The monoisotopic (exact) mass is 367 g/mol. The number of carbonyl (C=O) groups excluding carboxylic acids is 1. The zero-order valence-corrected chi connectivity index (χ0v) is 16.1. The van der Waals surface area contributed by atoms with E-state index in [9.17, 15) is 13.2 Å². The molecule has 1 heterocycles. The zero-order chi connectivity index (χ0) is 18.6. The number of nitrogens with zero attached hydrogens (tertiary/aromatic N) is 1. The van der Waals surface area contributed by atoms with E-state index in [1.165, 1.54) is 16.1 Å². The average Bonchev–Trinajstić information content (AvgIpc) is 2.58. The normalized spacial score (nSPS) is 18.3. The fourth-order valence-electron chi connectivity index (χ4n) is 3.05. The molecule has 0 aliphatic carbocycles. The van der Waals surface area contributed by atoms with Gasteiger partial charge in [-0.25, -0.2) is 12.7 Å². The van der Waals surface area contributed by atoms with E-state index in [2.05, 4.69) is 31.3 Å². The van der Waals surface area contributed by atoms with Crippen LogP contribution in [0, 0.1) is 5.92 Å². The Kier molecular flexibility index (Phi) is 6.59. The molecule has 1 amide bonds. The minimum atomic E-state index is -3.16. The van der Waals surface area contributed by atoms with Gasteiger partial charge in [0.1, 0.15) is 0 Å². The topological polar surface area (TPSA) is 92.5 Å². The molecule has 1 aromatic carbocycles. The molecular weight excluding hydrogens is 338 g/mol. The lowest BCUT2D eigenvalue weighted by Gasteiger charge is -2.29. The first kappa shape index (κ1) is 19.9. The predicted octanol–water partition coefficient (Wildman–Crippen LogP) is 1.60. The Morgan fingerprint density at radius 3 is 2.20 bits per heavy atom. The highest BCUT2D eigenvalue weighted by atomic mass is 32.2. The van der Waals surface area contributed by atoms with E-state index >= 15 is 0 Å². The average molecular weight is 368 g/mol. The largest absolute Gasteiger partial charge is 0.354 e. The molecule has 25 heavy (non-hydrogen) atoms. The Hall–Kier alpha value is -1.44. The molecule has 140 valence electrons. The van der Waals surface area contributed by atoms with Gasteiger partial charge in [-0.1, -0.05) is 38.1 Å². The molecule has 7 heteroatoms. The molecule has 6 nitrogen and oxygen atoms in total. The Bertz CT molecular complexity index is 678. The fourth-order valence-corrected chi connectivity index (χ4v) is 3.92. The van der Waals surface area contributed by atoms with Crippen LogP contribution >= 0.6 is 0 Å². The van der Waals surface area contributed by atoms with Crippen LogP contribution < -0.4 is 11.1 Å². The van der Waals surface area contributed by atoms with Crippen molar-refractivity contribution < 1.29 is 13.2 Å². The van der Waals surface area contributed by atoms with Crippen molar-refractivity contribution in [2.75, 3.05) is 25.9 Å². The quantitative estimate of drug-likeness (QED) is 0.799. The number of piperidine rings is 1. The number of hydrogen-bond acceptors (Lipinski definition) is 4. The molecule has 1 aliphatic rings. The molecule has 3 N–H and O–H groups in total. The van der Waals surface area contributed by atoms with Crippen LogP contribution in [-0.4, -0.2) is 44.5 Å². The molecule has 1 unspecified atom stereocenters. The summed E-state index contributed by atoms with van der Waals surface area (Å²) < 4.78 is 24.4. The van der Waals surface area contributed by atoms with Crippen LogP contribution in [-0.2, 0) is 14.8 Å². The molecule has 0 bridgehead atoms. The van der Waals surface area contributed by atoms with Gasteiger partial charge >= 0.3 is 0 Å². The molecule has 1 fully saturated rings. The third-order valence-corrected chi connectivity index (χ3v) is 6.12. The van der Waals surface area contributed by atoms with Gasteiger partial charge in [0, 0.05) is 31.6 Å². The Morgan fingerprint density at radius 2 is 1.72 bits per heavy atom. The van der Waals surface area contributed by atoms with Crippen molar-refractivity contribution in [2.45, 2.75) is 38.6 Å². The summed E-state index contributed by atoms with van der Waals surface area (Å²) in [6.07, 6.45) is 2.31. The van der Waals surface area contributed by atoms with Crippen molar-refractivity contribution in [1.82, 2.24) is 9.62 Å². The van der Waals surface area contributed by atoms with Crippen molar-refractivity contribution in [3.8, 4) is 0 Å². The van der Waals surface area contributed by atoms with E-state index in [1.807, 2.05) is 12.1 Å². The third-order valence-electron chi connectivity index (χ3n) is 4.82. The number of sulfonamides is 1. The maximum absolute atomic E-state index is 12.3. The van der Waals surface area contributed by atoms with Gasteiger partial charge in [-0.15, -0.1) is 0 Å². The minimum absolute atomic E-state index is 0.0394. The summed E-state index contributed by atoms with van der Waals surface area (Å²) in [7, 11) is -3.16. The summed E-state index contributed by atoms with van der Waals surface area (Å²) in [5.74, 6) is 0.290. The van der Waals surface area contributed by atoms with Gasteiger partial charge in [-0.2, -0.15) is 0 Å². The van der Waals surface area contributed by atoms with Crippen LogP contribution in [0.25, 0.3) is 0 Å². The number of nitrogens with two attached hydrogens (primary N) is 1. The first-order chi connectivity index (χ1) is 11.7. The molecule has 1 atom stereocenters. The second-order valence-corrected chi connectivity index (χ2v) is 9.09. The second kappa shape index (κ2) is 8.29. The van der Waals surface area contributed by atoms with Crippen molar-refractivity contribution >= 4 is 15.9 Å². The predicted molar refractivity (Wildman–Crippen MR) is 99.6 cm³/mol. The highest BCUT2D eigenvalue weighted by Gasteiger charge is 2.28. The second-order valence-electron chi connectivity index (χ2n) is 7.11. The molecule has 1 saturated heterocycles. The van der Waals surface area contributed by atoms with Gasteiger partial charge in [0.05, 0.1) is 6.26 Å². The van der Waals surface area contributed by atoms with Crippen LogP contribution in [0.15, 0.2) is 24.3 Å². The van der Waals surface area contributed by atoms with Crippen molar-refractivity contribution in [3.05, 3.63) is 35.4 Å². The standard InChI is InChI=1S/C18H29N3O3S/c1-13(2)14-4-6-15(7-5-14)17(19)12-20-18(22)16-8-10-21(11-9-16)25(3,23)24/h4-7,13,16-17H,8-12,19H2,1-3H3,(H,20,22). The lowest BCUT2D eigenvalue weighted by molar-refractivity contribution is -0.126. The van der Waals surface area contributed by atoms with Crippen LogP contribution in [0.5, 0.6) is 0 Å². The number of rotatable bonds is 6. The van der Waals surface area contributed by atoms with E-state index in [0.717, 1.165) is 5.56 Å². The molecule has 1 aliphatic heterocycles. The summed E-state index contributed by atoms with van der Waals surface area (Å²) in [6, 6.07) is 7.92. The molecule has 0 aromatic heterocycles. The Balaban J connectivity index is 1.81. The number of benzene rings is 1. The van der Waals surface area contributed by atoms with Gasteiger partial charge in [-0.05, 0) is 29.9 Å². The molecule has 0 saturated carbocycles. The van der Waals surface area contributed by atoms with Gasteiger partial charge in [0.2, 0.25) is 15.9 Å². The first-order valence-corrected chi connectivity index (χ1v) is 10.6. The van der Waals surface area contributed by atoms with E-state index in [0.29, 0.717) is 38.4 Å². The SMILES string of the molecule is CC(C)c1ccc(C(N)CNC(=O)C2CCN(S(C)(=O)=O)CC2)cc1. The minimum Gasteiger partial charge on any atom is -0.354 e. The molecule has 0 spiro atoms. The third kappa shape index (κ3) is 5.52. The van der Waals surface area contributed by atoms with Crippen LogP contribution in [0.2, 0.25) is 0 Å². The molecule has 2 rings (SSSR count). The highest BCUT2D eigenvalue weighted by molar-refractivity contribution is 7.88. The van der Waals surface area contributed by atoms with Crippen LogP contribution in [0.4, 0.5) is 0 Å². The van der Waals surface area contributed by atoms with Crippen LogP contribution in [0.1, 0.15) is 49.8 Å². The molecule has 1 aromatic rings. The summed E-state index contributed by atoms with van der Waals surface area (Å²) in [6.45, 7) is 5.47. The van der Waals surface area contributed by atoms with Gasteiger partial charge in [0.15, 0.2) is 0 Å². The van der Waals surface area contributed by atoms with E-state index in [4.69, 9.17) is 5.73 Å². The van der Waals surface area contributed by atoms with E-state index < -0.39 is 10.0 Å². The number of amides is 1. The van der Waals surface area contributed by atoms with Crippen molar-refractivity contribution in [2.24, 2.45) is 11.7 Å². The smallest absolute Gasteiger partial charge is 0.223 e. The van der Waals surface area contributed by atoms with Crippen LogP contribution in [0.3, 0.4) is 0 Å². The van der Waals surface area contributed by atoms with Crippen molar-refractivity contribution in [3.63, 3.8) is 0 Å². The lowest BCUT2D eigenvalue weighted by atomic mass is 9.96. The van der Waals surface area contributed by atoms with Gasteiger partial charge < -0.3 is 11.1 Å². The highest BCUT2D eigenvalue weighted by Crippen LogP contribution is 2.20. The van der Waals surface area contributed by atoms with E-state index in [1.54, 1.807) is 0 Å². The summed E-state index contributed by atoms with van der Waals surface area (Å²) in [4.78, 5) is 12.3. The lowest BCUT2D eigenvalue weighted by Crippen LogP contribution is -2.43.